The van der Waals surface area contributed by atoms with Crippen molar-refractivity contribution in [3.05, 3.63) is 0 Å². The summed E-state index contributed by atoms with van der Waals surface area (Å²) in [4.78, 5) is 11.2. The Kier molecular flexibility index (Phi) is 5.66. The minimum atomic E-state index is -0.514. The number of aliphatic hydroxyl groups excluding tert-OH is 1. The maximum atomic E-state index is 11.2. The van der Waals surface area contributed by atoms with Crippen molar-refractivity contribution < 1.29 is 9.90 Å². The second kappa shape index (κ2) is 5.94. The van der Waals surface area contributed by atoms with Gasteiger partial charge in [-0.1, -0.05) is 0 Å². The maximum absolute atomic E-state index is 11.2. The van der Waals surface area contributed by atoms with Gasteiger partial charge in [-0.2, -0.15) is 0 Å². The van der Waals surface area contributed by atoms with Crippen LogP contribution in [0.1, 0.15) is 33.1 Å². The van der Waals surface area contributed by atoms with Gasteiger partial charge in [-0.25, -0.2) is 0 Å². The number of hydrogen-bond donors (Lipinski definition) is 3. The van der Waals surface area contributed by atoms with Gasteiger partial charge in [0.15, 0.2) is 0 Å². The van der Waals surface area contributed by atoms with Crippen LogP contribution in [-0.4, -0.2) is 29.7 Å². The smallest absolute Gasteiger partial charge is 0.220 e. The van der Waals surface area contributed by atoms with E-state index in [-0.39, 0.29) is 12.5 Å². The second-order valence-electron chi connectivity index (χ2n) is 3.84. The minimum absolute atomic E-state index is 0.0208. The largest absolute Gasteiger partial charge is 0.394 e. The van der Waals surface area contributed by atoms with Crippen LogP contribution < -0.4 is 11.1 Å². The van der Waals surface area contributed by atoms with Crippen molar-refractivity contribution in [3.63, 3.8) is 0 Å². The first-order valence-electron chi connectivity index (χ1n) is 4.64. The van der Waals surface area contributed by atoms with E-state index in [0.29, 0.717) is 13.0 Å². The molecule has 4 nitrogen and oxygen atoms in total. The lowest BCUT2D eigenvalue weighted by Gasteiger charge is -2.23. The molecule has 0 unspecified atom stereocenters. The SMILES string of the molecule is CC(C)(CO)NC(=O)CCCCN. The third-order valence-corrected chi connectivity index (χ3v) is 1.73. The summed E-state index contributed by atoms with van der Waals surface area (Å²) in [5.74, 6) is -0.0208. The lowest BCUT2D eigenvalue weighted by molar-refractivity contribution is -0.123. The van der Waals surface area contributed by atoms with Crippen LogP contribution in [0.2, 0.25) is 0 Å². The van der Waals surface area contributed by atoms with Crippen LogP contribution >= 0.6 is 0 Å². The standard InChI is InChI=1S/C9H20N2O2/c1-9(2,7-12)11-8(13)5-3-4-6-10/h12H,3-7,10H2,1-2H3,(H,11,13). The van der Waals surface area contributed by atoms with Crippen molar-refractivity contribution in [2.24, 2.45) is 5.73 Å². The van der Waals surface area contributed by atoms with Crippen LogP contribution in [0, 0.1) is 0 Å². The van der Waals surface area contributed by atoms with E-state index in [4.69, 9.17) is 10.8 Å². The minimum Gasteiger partial charge on any atom is -0.394 e. The summed E-state index contributed by atoms with van der Waals surface area (Å²) in [6.45, 7) is 4.15. The molecule has 4 N–H and O–H groups in total. The van der Waals surface area contributed by atoms with Crippen LogP contribution in [0.15, 0.2) is 0 Å². The maximum Gasteiger partial charge on any atom is 0.220 e. The van der Waals surface area contributed by atoms with Crippen molar-refractivity contribution in [2.75, 3.05) is 13.2 Å². The number of carbonyl (C=O) groups is 1. The average Bonchev–Trinajstić information content (AvgIpc) is 2.04. The Bertz CT molecular complexity index is 158. The number of rotatable bonds is 6. The lowest BCUT2D eigenvalue weighted by Crippen LogP contribution is -2.46. The molecule has 0 aromatic rings. The molecule has 0 atom stereocenters. The molecule has 0 rings (SSSR count). The molecule has 0 saturated heterocycles. The van der Waals surface area contributed by atoms with E-state index in [2.05, 4.69) is 5.32 Å². The third kappa shape index (κ3) is 6.54. The van der Waals surface area contributed by atoms with Crippen molar-refractivity contribution >= 4 is 5.91 Å². The van der Waals surface area contributed by atoms with Gasteiger partial charge in [-0.15, -0.1) is 0 Å². The number of aliphatic hydroxyl groups is 1. The molecule has 0 saturated carbocycles. The zero-order valence-electron chi connectivity index (χ0n) is 8.47. The molecule has 0 spiro atoms. The van der Waals surface area contributed by atoms with E-state index in [9.17, 15) is 4.79 Å². The van der Waals surface area contributed by atoms with Gasteiger partial charge in [0.25, 0.3) is 0 Å². The molecule has 0 aromatic carbocycles. The Morgan fingerprint density at radius 3 is 2.54 bits per heavy atom. The van der Waals surface area contributed by atoms with Gasteiger partial charge in [-0.05, 0) is 33.2 Å². The summed E-state index contributed by atoms with van der Waals surface area (Å²) >= 11 is 0. The number of amides is 1. The van der Waals surface area contributed by atoms with Crippen LogP contribution in [-0.2, 0) is 4.79 Å². The highest BCUT2D eigenvalue weighted by Gasteiger charge is 2.18. The fourth-order valence-electron chi connectivity index (χ4n) is 0.909. The molecule has 78 valence electrons. The van der Waals surface area contributed by atoms with E-state index in [1.807, 2.05) is 0 Å². The molecule has 13 heavy (non-hydrogen) atoms. The zero-order valence-corrected chi connectivity index (χ0v) is 8.47. The summed E-state index contributed by atoms with van der Waals surface area (Å²) in [6, 6.07) is 0. The molecule has 0 heterocycles. The average molecular weight is 188 g/mol. The summed E-state index contributed by atoms with van der Waals surface area (Å²) in [5, 5.41) is 11.6. The van der Waals surface area contributed by atoms with Crippen LogP contribution in [0.4, 0.5) is 0 Å². The van der Waals surface area contributed by atoms with E-state index in [1.165, 1.54) is 0 Å². The molecule has 0 radical (unpaired) electrons. The van der Waals surface area contributed by atoms with Gasteiger partial charge < -0.3 is 16.2 Å². The van der Waals surface area contributed by atoms with Crippen molar-refractivity contribution in [1.82, 2.24) is 5.32 Å². The first-order chi connectivity index (χ1) is 6.02. The van der Waals surface area contributed by atoms with Gasteiger partial charge in [-0.3, -0.25) is 4.79 Å². The van der Waals surface area contributed by atoms with Gasteiger partial charge in [0.2, 0.25) is 5.91 Å². The molecule has 0 bridgehead atoms. The van der Waals surface area contributed by atoms with Crippen molar-refractivity contribution in [1.29, 1.82) is 0 Å². The summed E-state index contributed by atoms with van der Waals surface area (Å²) in [7, 11) is 0. The highest BCUT2D eigenvalue weighted by Crippen LogP contribution is 2.01. The van der Waals surface area contributed by atoms with Crippen LogP contribution in [0.5, 0.6) is 0 Å². The Morgan fingerprint density at radius 1 is 1.46 bits per heavy atom. The summed E-state index contributed by atoms with van der Waals surface area (Å²) in [6.07, 6.45) is 2.16. The van der Waals surface area contributed by atoms with E-state index >= 15 is 0 Å². The molecular formula is C9H20N2O2. The number of nitrogens with two attached hydrogens (primary N) is 1. The van der Waals surface area contributed by atoms with Gasteiger partial charge in [0, 0.05) is 6.42 Å². The third-order valence-electron chi connectivity index (χ3n) is 1.73. The van der Waals surface area contributed by atoms with Crippen LogP contribution in [0.3, 0.4) is 0 Å². The predicted octanol–water partition coefficient (Wildman–Crippen LogP) is 0.00250. The topological polar surface area (TPSA) is 75.3 Å². The van der Waals surface area contributed by atoms with E-state index in [1.54, 1.807) is 13.8 Å². The van der Waals surface area contributed by atoms with Crippen LogP contribution in [0.25, 0.3) is 0 Å². The Morgan fingerprint density at radius 2 is 2.08 bits per heavy atom. The van der Waals surface area contributed by atoms with Crippen molar-refractivity contribution in [2.45, 2.75) is 38.6 Å². The molecule has 4 heteroatoms. The van der Waals surface area contributed by atoms with Gasteiger partial charge >= 0.3 is 0 Å². The highest BCUT2D eigenvalue weighted by molar-refractivity contribution is 5.76. The number of nitrogens with one attached hydrogen (secondary N) is 1. The quantitative estimate of drug-likeness (QED) is 0.514. The Balaban J connectivity index is 3.62. The molecule has 1 amide bonds. The molecular weight excluding hydrogens is 168 g/mol. The van der Waals surface area contributed by atoms with Crippen molar-refractivity contribution in [3.8, 4) is 0 Å². The summed E-state index contributed by atoms with van der Waals surface area (Å²) < 4.78 is 0. The van der Waals surface area contributed by atoms with E-state index < -0.39 is 5.54 Å². The normalized spacial score (nSPS) is 11.4. The van der Waals surface area contributed by atoms with Gasteiger partial charge in [0.1, 0.15) is 0 Å². The lowest BCUT2D eigenvalue weighted by atomic mass is 10.1. The fraction of sp³-hybridized carbons (Fsp3) is 0.889. The first-order valence-corrected chi connectivity index (χ1v) is 4.64. The van der Waals surface area contributed by atoms with Gasteiger partial charge in [0.05, 0.1) is 12.1 Å². The highest BCUT2D eigenvalue weighted by atomic mass is 16.3. The predicted molar refractivity (Wildman–Crippen MR) is 52.2 cm³/mol. The monoisotopic (exact) mass is 188 g/mol. The number of carbonyl (C=O) groups excluding carboxylic acids is 1. The Hall–Kier alpha value is -0.610. The second-order valence-corrected chi connectivity index (χ2v) is 3.84. The molecule has 0 aromatic heterocycles. The molecule has 0 fully saturated rings. The Labute approximate surface area is 79.5 Å². The van der Waals surface area contributed by atoms with E-state index in [0.717, 1.165) is 12.8 Å². The molecule has 0 aliphatic rings. The summed E-state index contributed by atoms with van der Waals surface area (Å²) in [5.41, 5.74) is 4.78. The molecule has 0 aliphatic heterocycles. The number of unbranched alkanes of at least 4 members (excludes halogenated alkanes) is 1. The molecule has 0 aliphatic carbocycles. The zero-order chi connectivity index (χ0) is 10.3. The number of hydrogen-bond acceptors (Lipinski definition) is 3. The first kappa shape index (κ1) is 12.4. The fourth-order valence-corrected chi connectivity index (χ4v) is 0.909.